The maximum Gasteiger partial charge on any atom is 0.274 e. The minimum absolute atomic E-state index is 0.189. The fraction of sp³-hybridized carbons (Fsp3) is 0.227. The molecule has 32 heavy (non-hydrogen) atoms. The monoisotopic (exact) mass is 433 g/mol. The lowest BCUT2D eigenvalue weighted by molar-refractivity contribution is 0.0796. The molecule has 0 fully saturated rings. The first-order chi connectivity index (χ1) is 15.4. The van der Waals surface area contributed by atoms with Crippen LogP contribution in [0.15, 0.2) is 48.8 Å². The number of ether oxygens (including phenoxy) is 1. The number of pyridine rings is 1. The number of fused-ring (bicyclic) bond motifs is 1. The number of benzene rings is 1. The van der Waals surface area contributed by atoms with E-state index in [0.717, 1.165) is 5.56 Å². The average Bonchev–Trinajstić information content (AvgIpc) is 3.41. The normalized spacial score (nSPS) is 10.9. The number of methoxy groups -OCH3 is 1. The van der Waals surface area contributed by atoms with Crippen LogP contribution in [0.3, 0.4) is 0 Å². The van der Waals surface area contributed by atoms with Gasteiger partial charge in [0.2, 0.25) is 0 Å². The summed E-state index contributed by atoms with van der Waals surface area (Å²) < 4.78 is 8.28. The first kappa shape index (κ1) is 21.0. The predicted molar refractivity (Wildman–Crippen MR) is 119 cm³/mol. The molecule has 0 aliphatic carbocycles. The van der Waals surface area contributed by atoms with Crippen molar-refractivity contribution in [2.45, 2.75) is 6.92 Å². The van der Waals surface area contributed by atoms with E-state index >= 15 is 0 Å². The zero-order valence-corrected chi connectivity index (χ0v) is 18.2. The van der Waals surface area contributed by atoms with E-state index in [1.54, 1.807) is 44.1 Å². The van der Waals surface area contributed by atoms with Crippen LogP contribution in [-0.4, -0.2) is 61.8 Å². The molecule has 0 aliphatic rings. The fourth-order valence-electron chi connectivity index (χ4n) is 3.25. The first-order valence-corrected chi connectivity index (χ1v) is 10.0. The van der Waals surface area contributed by atoms with Gasteiger partial charge in [0.25, 0.3) is 11.8 Å². The van der Waals surface area contributed by atoms with Gasteiger partial charge in [-0.05, 0) is 25.1 Å². The van der Waals surface area contributed by atoms with Crippen LogP contribution in [-0.2, 0) is 7.05 Å². The molecule has 0 unspecified atom stereocenters. The van der Waals surface area contributed by atoms with Crippen LogP contribution in [0.1, 0.15) is 27.8 Å². The minimum Gasteiger partial charge on any atom is -0.497 e. The Labute approximate surface area is 184 Å². The van der Waals surface area contributed by atoms with Gasteiger partial charge in [-0.2, -0.15) is 5.10 Å². The standard InChI is InChI=1S/C22H23N7O3/c1-5-27(2)22(31)17-13-23-28(3)19(17)21(30)24-15-9-10-29-18(12-15)25-20(26-29)14-7-6-8-16(11-14)32-4/h6-13H,5H2,1-4H3,(H,24,30). The summed E-state index contributed by atoms with van der Waals surface area (Å²) in [6.07, 6.45) is 3.12. The van der Waals surface area contributed by atoms with Gasteiger partial charge in [-0.15, -0.1) is 5.10 Å². The molecular formula is C22H23N7O3. The summed E-state index contributed by atoms with van der Waals surface area (Å²) in [5.41, 5.74) is 2.34. The van der Waals surface area contributed by atoms with Gasteiger partial charge in [0, 0.05) is 44.2 Å². The fourth-order valence-corrected chi connectivity index (χ4v) is 3.25. The van der Waals surface area contributed by atoms with Gasteiger partial charge in [0.1, 0.15) is 11.4 Å². The first-order valence-electron chi connectivity index (χ1n) is 10.0. The third-order valence-corrected chi connectivity index (χ3v) is 5.13. The van der Waals surface area contributed by atoms with E-state index in [9.17, 15) is 9.59 Å². The molecule has 0 bridgehead atoms. The molecule has 1 N–H and O–H groups in total. The SMILES string of the molecule is CCN(C)C(=O)c1cnn(C)c1C(=O)Nc1ccn2nc(-c3cccc(OC)c3)nc2c1. The summed E-state index contributed by atoms with van der Waals surface area (Å²) in [7, 11) is 4.91. The maximum absolute atomic E-state index is 13.0. The molecule has 4 aromatic rings. The molecule has 3 heterocycles. The van der Waals surface area contributed by atoms with Crippen molar-refractivity contribution in [3.05, 3.63) is 60.0 Å². The third kappa shape index (κ3) is 3.89. The van der Waals surface area contributed by atoms with Crippen molar-refractivity contribution in [1.29, 1.82) is 0 Å². The molecule has 10 heteroatoms. The van der Waals surface area contributed by atoms with E-state index < -0.39 is 5.91 Å². The Balaban J connectivity index is 1.61. The molecule has 0 saturated heterocycles. The van der Waals surface area contributed by atoms with Gasteiger partial charge in [-0.25, -0.2) is 9.50 Å². The Morgan fingerprint density at radius 1 is 1.22 bits per heavy atom. The topological polar surface area (TPSA) is 107 Å². The van der Waals surface area contributed by atoms with E-state index in [-0.39, 0.29) is 17.2 Å². The van der Waals surface area contributed by atoms with E-state index in [0.29, 0.717) is 29.5 Å². The summed E-state index contributed by atoms with van der Waals surface area (Å²) in [4.78, 5) is 31.6. The van der Waals surface area contributed by atoms with Gasteiger partial charge in [-0.3, -0.25) is 14.3 Å². The van der Waals surface area contributed by atoms with Gasteiger partial charge >= 0.3 is 0 Å². The second kappa shape index (κ2) is 8.50. The van der Waals surface area contributed by atoms with E-state index in [1.165, 1.54) is 15.8 Å². The lowest BCUT2D eigenvalue weighted by Crippen LogP contribution is -2.29. The number of amides is 2. The molecule has 1 aromatic carbocycles. The van der Waals surface area contributed by atoms with Gasteiger partial charge in [-0.1, -0.05) is 12.1 Å². The number of carbonyl (C=O) groups excluding carboxylic acids is 2. The summed E-state index contributed by atoms with van der Waals surface area (Å²) in [5, 5.41) is 11.4. The zero-order valence-electron chi connectivity index (χ0n) is 18.2. The van der Waals surface area contributed by atoms with Crippen molar-refractivity contribution in [3.63, 3.8) is 0 Å². The second-order valence-electron chi connectivity index (χ2n) is 7.19. The summed E-state index contributed by atoms with van der Waals surface area (Å²) in [6, 6.07) is 10.9. The van der Waals surface area contributed by atoms with Crippen molar-refractivity contribution < 1.29 is 14.3 Å². The Hall–Kier alpha value is -4.21. The molecule has 2 amide bonds. The van der Waals surface area contributed by atoms with Crippen LogP contribution in [0.2, 0.25) is 0 Å². The highest BCUT2D eigenvalue weighted by molar-refractivity contribution is 6.11. The Kier molecular flexibility index (Phi) is 5.59. The molecule has 0 aliphatic heterocycles. The van der Waals surface area contributed by atoms with Gasteiger partial charge < -0.3 is 15.0 Å². The van der Waals surface area contributed by atoms with E-state index in [1.807, 2.05) is 31.2 Å². The number of nitrogens with one attached hydrogen (secondary N) is 1. The number of nitrogens with zero attached hydrogens (tertiary/aromatic N) is 6. The number of hydrogen-bond acceptors (Lipinski definition) is 6. The summed E-state index contributed by atoms with van der Waals surface area (Å²) in [5.74, 6) is 0.551. The summed E-state index contributed by atoms with van der Waals surface area (Å²) >= 11 is 0. The van der Waals surface area contributed by atoms with Crippen LogP contribution in [0, 0.1) is 0 Å². The van der Waals surface area contributed by atoms with Crippen molar-refractivity contribution in [3.8, 4) is 17.1 Å². The minimum atomic E-state index is -0.435. The molecule has 0 atom stereocenters. The van der Waals surface area contributed by atoms with Crippen LogP contribution in [0.5, 0.6) is 5.75 Å². The van der Waals surface area contributed by atoms with Gasteiger partial charge in [0.15, 0.2) is 11.5 Å². The number of rotatable bonds is 6. The van der Waals surface area contributed by atoms with Gasteiger partial charge in [0.05, 0.1) is 18.9 Å². The zero-order chi connectivity index (χ0) is 22.8. The smallest absolute Gasteiger partial charge is 0.274 e. The molecule has 4 rings (SSSR count). The van der Waals surface area contributed by atoms with Crippen LogP contribution in [0.25, 0.3) is 17.0 Å². The molecule has 3 aromatic heterocycles. The van der Waals surface area contributed by atoms with Crippen molar-refractivity contribution in [2.75, 3.05) is 26.0 Å². The van der Waals surface area contributed by atoms with Crippen LogP contribution in [0.4, 0.5) is 5.69 Å². The molecule has 0 saturated carbocycles. The number of anilines is 1. The number of hydrogen-bond donors (Lipinski definition) is 1. The van der Waals surface area contributed by atoms with Crippen LogP contribution < -0.4 is 10.1 Å². The predicted octanol–water partition coefficient (Wildman–Crippen LogP) is 2.48. The Morgan fingerprint density at radius 3 is 2.78 bits per heavy atom. The highest BCUT2D eigenvalue weighted by Gasteiger charge is 2.24. The van der Waals surface area contributed by atoms with E-state index in [2.05, 4.69) is 20.5 Å². The number of aryl methyl sites for hydroxylation is 1. The molecular weight excluding hydrogens is 410 g/mol. The molecule has 10 nitrogen and oxygen atoms in total. The number of carbonyl (C=O) groups is 2. The molecule has 0 spiro atoms. The largest absolute Gasteiger partial charge is 0.497 e. The maximum atomic E-state index is 13.0. The molecule has 164 valence electrons. The lowest BCUT2D eigenvalue weighted by Gasteiger charge is -2.14. The third-order valence-electron chi connectivity index (χ3n) is 5.13. The van der Waals surface area contributed by atoms with Crippen molar-refractivity contribution in [2.24, 2.45) is 7.05 Å². The quantitative estimate of drug-likeness (QED) is 0.501. The van der Waals surface area contributed by atoms with Crippen molar-refractivity contribution in [1.82, 2.24) is 29.3 Å². The van der Waals surface area contributed by atoms with Crippen molar-refractivity contribution >= 4 is 23.1 Å². The second-order valence-corrected chi connectivity index (χ2v) is 7.19. The van der Waals surface area contributed by atoms with Crippen LogP contribution >= 0.6 is 0 Å². The lowest BCUT2D eigenvalue weighted by atomic mass is 10.2. The van der Waals surface area contributed by atoms with E-state index in [4.69, 9.17) is 4.74 Å². The molecule has 0 radical (unpaired) electrons. The number of aromatic nitrogens is 5. The highest BCUT2D eigenvalue weighted by atomic mass is 16.5. The summed E-state index contributed by atoms with van der Waals surface area (Å²) in [6.45, 7) is 2.38. The Morgan fingerprint density at radius 2 is 2.03 bits per heavy atom. The average molecular weight is 433 g/mol. The highest BCUT2D eigenvalue weighted by Crippen LogP contribution is 2.22. The Bertz CT molecular complexity index is 1310.